The summed E-state index contributed by atoms with van der Waals surface area (Å²) in [7, 11) is -3.73. The predicted octanol–water partition coefficient (Wildman–Crippen LogP) is 3.62. The molecule has 0 saturated heterocycles. The zero-order valence-electron chi connectivity index (χ0n) is 18.0. The van der Waals surface area contributed by atoms with Crippen molar-refractivity contribution in [2.45, 2.75) is 19.7 Å². The van der Waals surface area contributed by atoms with Gasteiger partial charge in [0.1, 0.15) is 24.0 Å². The SMILES string of the molecule is CS(=O)(=O)N(CC(=O)NCc1ccc(OCc2ccc(F)cc2)cc1)Cc1ccccc1F. The highest BCUT2D eigenvalue weighted by Gasteiger charge is 2.21. The van der Waals surface area contributed by atoms with E-state index >= 15 is 0 Å². The molecule has 0 radical (unpaired) electrons. The molecule has 0 atom stereocenters. The van der Waals surface area contributed by atoms with Gasteiger partial charge in [-0.2, -0.15) is 4.31 Å². The number of hydrogen-bond acceptors (Lipinski definition) is 4. The van der Waals surface area contributed by atoms with Gasteiger partial charge in [0, 0.05) is 18.7 Å². The summed E-state index contributed by atoms with van der Waals surface area (Å²) in [5, 5.41) is 2.67. The molecule has 0 aliphatic carbocycles. The molecule has 9 heteroatoms. The highest BCUT2D eigenvalue weighted by atomic mass is 32.2. The number of sulfonamides is 1. The largest absolute Gasteiger partial charge is 0.489 e. The minimum atomic E-state index is -3.73. The van der Waals surface area contributed by atoms with Crippen LogP contribution in [0.1, 0.15) is 16.7 Å². The Morgan fingerprint density at radius 1 is 0.939 bits per heavy atom. The molecule has 0 unspecified atom stereocenters. The lowest BCUT2D eigenvalue weighted by Gasteiger charge is -2.20. The first-order chi connectivity index (χ1) is 15.7. The Kier molecular flexibility index (Phi) is 8.13. The molecule has 3 aromatic carbocycles. The van der Waals surface area contributed by atoms with Crippen molar-refractivity contribution in [2.24, 2.45) is 0 Å². The van der Waals surface area contributed by atoms with Crippen molar-refractivity contribution in [3.63, 3.8) is 0 Å². The first kappa shape index (κ1) is 24.3. The Bertz CT molecular complexity index is 1180. The van der Waals surface area contributed by atoms with Crippen molar-refractivity contribution in [1.82, 2.24) is 9.62 Å². The number of rotatable bonds is 10. The number of halogens is 2. The topological polar surface area (TPSA) is 75.7 Å². The normalized spacial score (nSPS) is 11.4. The molecule has 33 heavy (non-hydrogen) atoms. The molecule has 1 amide bonds. The van der Waals surface area contributed by atoms with Gasteiger partial charge in [-0.3, -0.25) is 4.79 Å². The minimum Gasteiger partial charge on any atom is -0.489 e. The number of benzene rings is 3. The molecule has 0 saturated carbocycles. The summed E-state index contributed by atoms with van der Waals surface area (Å²) >= 11 is 0. The fraction of sp³-hybridized carbons (Fsp3) is 0.208. The van der Waals surface area contributed by atoms with Crippen LogP contribution in [0.25, 0.3) is 0 Å². The second kappa shape index (κ2) is 11.0. The summed E-state index contributed by atoms with van der Waals surface area (Å²) in [5.41, 5.74) is 1.81. The van der Waals surface area contributed by atoms with Crippen LogP contribution in [0.3, 0.4) is 0 Å². The highest BCUT2D eigenvalue weighted by Crippen LogP contribution is 2.15. The van der Waals surface area contributed by atoms with E-state index in [-0.39, 0.29) is 24.5 Å². The van der Waals surface area contributed by atoms with Gasteiger partial charge in [-0.05, 0) is 41.5 Å². The number of ether oxygens (including phenoxy) is 1. The molecule has 6 nitrogen and oxygen atoms in total. The van der Waals surface area contributed by atoms with E-state index in [1.54, 1.807) is 42.5 Å². The van der Waals surface area contributed by atoms with Crippen molar-refractivity contribution in [2.75, 3.05) is 12.8 Å². The monoisotopic (exact) mass is 474 g/mol. The molecule has 0 aromatic heterocycles. The smallest absolute Gasteiger partial charge is 0.235 e. The second-order valence-corrected chi connectivity index (χ2v) is 9.44. The molecular formula is C24H24F2N2O4S. The second-order valence-electron chi connectivity index (χ2n) is 7.46. The van der Waals surface area contributed by atoms with Crippen LogP contribution in [-0.4, -0.2) is 31.4 Å². The average molecular weight is 475 g/mol. The number of carbonyl (C=O) groups is 1. The van der Waals surface area contributed by atoms with Crippen LogP contribution in [0.2, 0.25) is 0 Å². The summed E-state index contributed by atoms with van der Waals surface area (Å²) in [6.07, 6.45) is 0.978. The van der Waals surface area contributed by atoms with Crippen LogP contribution in [0.4, 0.5) is 8.78 Å². The maximum atomic E-state index is 13.9. The summed E-state index contributed by atoms with van der Waals surface area (Å²) in [6.45, 7) is -0.181. The maximum Gasteiger partial charge on any atom is 0.235 e. The molecular weight excluding hydrogens is 450 g/mol. The van der Waals surface area contributed by atoms with Gasteiger partial charge in [-0.25, -0.2) is 17.2 Å². The van der Waals surface area contributed by atoms with Crippen molar-refractivity contribution >= 4 is 15.9 Å². The molecule has 0 fully saturated rings. The van der Waals surface area contributed by atoms with E-state index in [1.165, 1.54) is 30.3 Å². The van der Waals surface area contributed by atoms with E-state index in [0.717, 1.165) is 21.7 Å². The van der Waals surface area contributed by atoms with Crippen molar-refractivity contribution < 1.29 is 26.7 Å². The molecule has 1 N–H and O–H groups in total. The van der Waals surface area contributed by atoms with Crippen molar-refractivity contribution in [3.8, 4) is 5.75 Å². The Morgan fingerprint density at radius 2 is 1.58 bits per heavy atom. The standard InChI is InChI=1S/C24H24F2N2O4S/c1-33(30,31)28(15-20-4-2-3-5-23(20)26)16-24(29)27-14-18-8-12-22(13-9-18)32-17-19-6-10-21(25)11-7-19/h2-13H,14-17H2,1H3,(H,27,29). The van der Waals surface area contributed by atoms with Crippen LogP contribution in [0, 0.1) is 11.6 Å². The zero-order chi connectivity index (χ0) is 23.8. The van der Waals surface area contributed by atoms with Gasteiger partial charge in [0.05, 0.1) is 12.8 Å². The molecule has 0 spiro atoms. The number of hydrogen-bond donors (Lipinski definition) is 1. The number of amides is 1. The quantitative estimate of drug-likeness (QED) is 0.487. The maximum absolute atomic E-state index is 13.9. The summed E-state index contributed by atoms with van der Waals surface area (Å²) in [5.74, 6) is -0.735. The molecule has 0 heterocycles. The fourth-order valence-electron chi connectivity index (χ4n) is 2.97. The zero-order valence-corrected chi connectivity index (χ0v) is 18.8. The third-order valence-electron chi connectivity index (χ3n) is 4.83. The minimum absolute atomic E-state index is 0.187. The molecule has 3 rings (SSSR count). The Morgan fingerprint density at radius 3 is 2.21 bits per heavy atom. The highest BCUT2D eigenvalue weighted by molar-refractivity contribution is 7.88. The van der Waals surface area contributed by atoms with Crippen LogP contribution in [0.5, 0.6) is 5.75 Å². The van der Waals surface area contributed by atoms with Crippen LogP contribution in [-0.2, 0) is 34.5 Å². The van der Waals surface area contributed by atoms with Gasteiger partial charge in [0.2, 0.25) is 15.9 Å². The summed E-state index contributed by atoms with van der Waals surface area (Å²) in [6, 6.07) is 18.9. The Hall–Kier alpha value is -3.30. The molecule has 0 aliphatic rings. The summed E-state index contributed by atoms with van der Waals surface area (Å²) in [4.78, 5) is 12.3. The van der Waals surface area contributed by atoms with Crippen molar-refractivity contribution in [1.29, 1.82) is 0 Å². The van der Waals surface area contributed by atoms with Gasteiger partial charge in [-0.15, -0.1) is 0 Å². The van der Waals surface area contributed by atoms with Gasteiger partial charge < -0.3 is 10.1 Å². The third kappa shape index (κ3) is 7.65. The van der Waals surface area contributed by atoms with Crippen LogP contribution < -0.4 is 10.1 Å². The number of nitrogens with one attached hydrogen (secondary N) is 1. The first-order valence-corrected chi connectivity index (χ1v) is 12.0. The number of nitrogens with zero attached hydrogens (tertiary/aromatic N) is 1. The van der Waals surface area contributed by atoms with Crippen molar-refractivity contribution in [3.05, 3.63) is 101 Å². The number of carbonyl (C=O) groups excluding carboxylic acids is 1. The van der Waals surface area contributed by atoms with Gasteiger partial charge in [-0.1, -0.05) is 42.5 Å². The molecule has 174 valence electrons. The van der Waals surface area contributed by atoms with Crippen LogP contribution in [0.15, 0.2) is 72.8 Å². The first-order valence-electron chi connectivity index (χ1n) is 10.1. The lowest BCUT2D eigenvalue weighted by Crippen LogP contribution is -2.39. The average Bonchev–Trinajstić information content (AvgIpc) is 2.78. The van der Waals surface area contributed by atoms with E-state index in [0.29, 0.717) is 12.4 Å². The molecule has 0 aliphatic heterocycles. The Labute approximate surface area is 191 Å². The Balaban J connectivity index is 1.51. The predicted molar refractivity (Wildman–Crippen MR) is 121 cm³/mol. The molecule has 0 bridgehead atoms. The van der Waals surface area contributed by atoms with E-state index in [9.17, 15) is 22.0 Å². The lowest BCUT2D eigenvalue weighted by molar-refractivity contribution is -0.121. The molecule has 3 aromatic rings. The van der Waals surface area contributed by atoms with Gasteiger partial charge in [0.25, 0.3) is 0 Å². The van der Waals surface area contributed by atoms with Gasteiger partial charge >= 0.3 is 0 Å². The summed E-state index contributed by atoms with van der Waals surface area (Å²) < 4.78 is 57.6. The van der Waals surface area contributed by atoms with E-state index in [2.05, 4.69) is 5.32 Å². The third-order valence-corrected chi connectivity index (χ3v) is 6.02. The van der Waals surface area contributed by atoms with Crippen LogP contribution >= 0.6 is 0 Å². The van der Waals surface area contributed by atoms with E-state index in [4.69, 9.17) is 4.74 Å². The van der Waals surface area contributed by atoms with E-state index in [1.807, 2.05) is 0 Å². The van der Waals surface area contributed by atoms with Gasteiger partial charge in [0.15, 0.2) is 0 Å². The fourth-order valence-corrected chi connectivity index (χ4v) is 3.70. The lowest BCUT2D eigenvalue weighted by atomic mass is 10.2. The van der Waals surface area contributed by atoms with E-state index < -0.39 is 28.3 Å².